The molecule has 0 aliphatic heterocycles. The Hall–Kier alpha value is -1.33. The number of hydrogen-bond donors (Lipinski definition) is 0. The molecule has 0 saturated carbocycles. The molecule has 2 aromatic heterocycles. The molecule has 0 radical (unpaired) electrons. The van der Waals surface area contributed by atoms with E-state index in [9.17, 15) is 4.79 Å². The first-order valence-corrected chi connectivity index (χ1v) is 5.78. The van der Waals surface area contributed by atoms with Crippen LogP contribution in [0.5, 0.6) is 0 Å². The third kappa shape index (κ3) is 2.10. The van der Waals surface area contributed by atoms with E-state index in [1.54, 1.807) is 19.1 Å². The summed E-state index contributed by atoms with van der Waals surface area (Å²) in [4.78, 5) is 16.1. The maximum atomic E-state index is 11.5. The number of aromatic nitrogens is 1. The smallest absolute Gasteiger partial charge is 0.361 e. The average Bonchev–Trinajstić information content (AvgIpc) is 2.85. The lowest BCUT2D eigenvalue weighted by Crippen LogP contribution is -2.05. The Morgan fingerprint density at radius 3 is 3.06 bits per heavy atom. The van der Waals surface area contributed by atoms with Crippen molar-refractivity contribution in [2.75, 3.05) is 6.61 Å². The molecule has 0 N–H and O–H groups in total. The van der Waals surface area contributed by atoms with Crippen LogP contribution < -0.4 is 0 Å². The summed E-state index contributed by atoms with van der Waals surface area (Å²) in [7, 11) is 0. The van der Waals surface area contributed by atoms with Crippen LogP contribution in [0.1, 0.15) is 17.4 Å². The van der Waals surface area contributed by atoms with E-state index in [4.69, 9.17) is 20.8 Å². The molecule has 2 aromatic rings. The van der Waals surface area contributed by atoms with Gasteiger partial charge in [0, 0.05) is 0 Å². The Labute approximate surface area is 101 Å². The molecular formula is C10H8ClNO3S. The molecule has 2 heterocycles. The van der Waals surface area contributed by atoms with E-state index in [-0.39, 0.29) is 5.69 Å². The molecule has 0 spiro atoms. The molecule has 0 aliphatic rings. The number of oxazole rings is 1. The molecule has 0 amide bonds. The van der Waals surface area contributed by atoms with E-state index in [1.807, 2.05) is 0 Å². The standard InChI is InChI=1S/C10H8ClNO3S/c1-2-14-10(13)8-9(15-5-12-8)6-3-4-7(11)16-6/h3-5H,2H2,1H3. The zero-order valence-electron chi connectivity index (χ0n) is 8.40. The highest BCUT2D eigenvalue weighted by Crippen LogP contribution is 2.32. The molecule has 0 aliphatic carbocycles. The van der Waals surface area contributed by atoms with Crippen molar-refractivity contribution in [3.8, 4) is 10.6 Å². The molecule has 0 bridgehead atoms. The molecule has 0 unspecified atom stereocenters. The summed E-state index contributed by atoms with van der Waals surface area (Å²) in [6, 6.07) is 3.51. The second kappa shape index (κ2) is 4.67. The van der Waals surface area contributed by atoms with Gasteiger partial charge in [0.25, 0.3) is 0 Å². The number of halogens is 1. The average molecular weight is 258 g/mol. The van der Waals surface area contributed by atoms with Crippen molar-refractivity contribution in [2.45, 2.75) is 6.92 Å². The topological polar surface area (TPSA) is 52.3 Å². The maximum Gasteiger partial charge on any atom is 0.361 e. The van der Waals surface area contributed by atoms with Crippen LogP contribution in [-0.4, -0.2) is 17.6 Å². The van der Waals surface area contributed by atoms with Gasteiger partial charge in [-0.15, -0.1) is 11.3 Å². The van der Waals surface area contributed by atoms with Crippen molar-refractivity contribution in [3.05, 3.63) is 28.6 Å². The van der Waals surface area contributed by atoms with Gasteiger partial charge in [-0.25, -0.2) is 9.78 Å². The Bertz CT molecular complexity index is 506. The van der Waals surface area contributed by atoms with Gasteiger partial charge in [0.1, 0.15) is 0 Å². The number of ether oxygens (including phenoxy) is 1. The molecule has 4 nitrogen and oxygen atoms in total. The number of carbonyl (C=O) groups is 1. The summed E-state index contributed by atoms with van der Waals surface area (Å²) in [6.45, 7) is 2.04. The van der Waals surface area contributed by atoms with Gasteiger partial charge in [0.05, 0.1) is 15.8 Å². The molecule has 0 aromatic carbocycles. The van der Waals surface area contributed by atoms with Gasteiger partial charge in [-0.3, -0.25) is 0 Å². The van der Waals surface area contributed by atoms with Crippen molar-refractivity contribution in [1.82, 2.24) is 4.98 Å². The third-order valence-electron chi connectivity index (χ3n) is 1.83. The van der Waals surface area contributed by atoms with Crippen molar-refractivity contribution >= 4 is 28.9 Å². The van der Waals surface area contributed by atoms with Gasteiger partial charge in [-0.2, -0.15) is 0 Å². The first-order chi connectivity index (χ1) is 7.72. The van der Waals surface area contributed by atoms with Crippen LogP contribution in [0.4, 0.5) is 0 Å². The Kier molecular flexibility index (Phi) is 3.26. The minimum atomic E-state index is -0.490. The van der Waals surface area contributed by atoms with E-state index in [0.29, 0.717) is 16.7 Å². The second-order valence-electron chi connectivity index (χ2n) is 2.85. The van der Waals surface area contributed by atoms with Crippen molar-refractivity contribution in [3.63, 3.8) is 0 Å². The van der Waals surface area contributed by atoms with Crippen LogP contribution in [0.25, 0.3) is 10.6 Å². The van der Waals surface area contributed by atoms with Crippen LogP contribution in [0.15, 0.2) is 22.9 Å². The predicted octanol–water partition coefficient (Wildman–Crippen LogP) is 3.23. The Morgan fingerprint density at radius 2 is 2.44 bits per heavy atom. The van der Waals surface area contributed by atoms with Crippen LogP contribution in [-0.2, 0) is 4.74 Å². The van der Waals surface area contributed by atoms with Gasteiger partial charge < -0.3 is 9.15 Å². The van der Waals surface area contributed by atoms with E-state index in [0.717, 1.165) is 4.88 Å². The minimum Gasteiger partial charge on any atom is -0.461 e. The zero-order valence-corrected chi connectivity index (χ0v) is 9.97. The van der Waals surface area contributed by atoms with E-state index in [2.05, 4.69) is 4.98 Å². The summed E-state index contributed by atoms with van der Waals surface area (Å²) in [5, 5.41) is 0. The monoisotopic (exact) mass is 257 g/mol. The lowest BCUT2D eigenvalue weighted by Gasteiger charge is -1.98. The van der Waals surface area contributed by atoms with Crippen molar-refractivity contribution in [2.24, 2.45) is 0 Å². The summed E-state index contributed by atoms with van der Waals surface area (Å²) >= 11 is 7.13. The molecule has 84 valence electrons. The molecule has 0 fully saturated rings. The van der Waals surface area contributed by atoms with Crippen LogP contribution in [0.2, 0.25) is 4.34 Å². The number of nitrogens with zero attached hydrogens (tertiary/aromatic N) is 1. The van der Waals surface area contributed by atoms with Crippen molar-refractivity contribution < 1.29 is 13.9 Å². The predicted molar refractivity (Wildman–Crippen MR) is 60.8 cm³/mol. The number of hydrogen-bond acceptors (Lipinski definition) is 5. The first kappa shape index (κ1) is 11.2. The lowest BCUT2D eigenvalue weighted by molar-refractivity contribution is 0.0520. The first-order valence-electron chi connectivity index (χ1n) is 4.58. The van der Waals surface area contributed by atoms with Crippen molar-refractivity contribution in [1.29, 1.82) is 0 Å². The largest absolute Gasteiger partial charge is 0.461 e. The molecular weight excluding hydrogens is 250 g/mol. The molecule has 2 rings (SSSR count). The normalized spacial score (nSPS) is 10.4. The summed E-state index contributed by atoms with van der Waals surface area (Å²) < 4.78 is 10.7. The molecule has 0 atom stereocenters. The number of thiophene rings is 1. The minimum absolute atomic E-state index is 0.181. The summed E-state index contributed by atoms with van der Waals surface area (Å²) in [5.74, 6) is -0.0916. The Morgan fingerprint density at radius 1 is 1.62 bits per heavy atom. The molecule has 6 heteroatoms. The Balaban J connectivity index is 2.36. The van der Waals surface area contributed by atoms with Gasteiger partial charge in [-0.05, 0) is 19.1 Å². The molecule has 0 saturated heterocycles. The number of rotatable bonds is 3. The van der Waals surface area contributed by atoms with Gasteiger partial charge >= 0.3 is 5.97 Å². The SMILES string of the molecule is CCOC(=O)c1ncoc1-c1ccc(Cl)s1. The second-order valence-corrected chi connectivity index (χ2v) is 4.57. The lowest BCUT2D eigenvalue weighted by atomic mass is 10.3. The molecule has 16 heavy (non-hydrogen) atoms. The van der Waals surface area contributed by atoms with Gasteiger partial charge in [-0.1, -0.05) is 11.6 Å². The highest BCUT2D eigenvalue weighted by atomic mass is 35.5. The van der Waals surface area contributed by atoms with E-state index < -0.39 is 5.97 Å². The number of esters is 1. The van der Waals surface area contributed by atoms with Crippen LogP contribution in [0.3, 0.4) is 0 Å². The van der Waals surface area contributed by atoms with Crippen LogP contribution in [0, 0.1) is 0 Å². The number of carbonyl (C=O) groups excluding carboxylic acids is 1. The summed E-state index contributed by atoms with van der Waals surface area (Å²) in [6.07, 6.45) is 1.22. The van der Waals surface area contributed by atoms with E-state index >= 15 is 0 Å². The quantitative estimate of drug-likeness (QED) is 0.792. The highest BCUT2D eigenvalue weighted by molar-refractivity contribution is 7.19. The zero-order chi connectivity index (χ0) is 11.5. The summed E-state index contributed by atoms with van der Waals surface area (Å²) in [5.41, 5.74) is 0.181. The fraction of sp³-hybridized carbons (Fsp3) is 0.200. The highest BCUT2D eigenvalue weighted by Gasteiger charge is 2.20. The van der Waals surface area contributed by atoms with Gasteiger partial charge in [0.15, 0.2) is 17.8 Å². The fourth-order valence-electron chi connectivity index (χ4n) is 1.20. The third-order valence-corrected chi connectivity index (χ3v) is 3.06. The van der Waals surface area contributed by atoms with Gasteiger partial charge in [0.2, 0.25) is 0 Å². The van der Waals surface area contributed by atoms with Crippen LogP contribution >= 0.6 is 22.9 Å². The maximum absolute atomic E-state index is 11.5. The fourth-order valence-corrected chi connectivity index (χ4v) is 2.23. The van der Waals surface area contributed by atoms with E-state index in [1.165, 1.54) is 17.7 Å².